The molecule has 0 heterocycles. The Labute approximate surface area is 175 Å². The second kappa shape index (κ2) is 6.75. The Bertz CT molecular complexity index is 1390. The lowest BCUT2D eigenvalue weighted by molar-refractivity contribution is -0.0504. The molecule has 0 saturated heterocycles. The van der Waals surface area contributed by atoms with E-state index < -0.39 is 42.8 Å². The van der Waals surface area contributed by atoms with Crippen molar-refractivity contribution in [3.05, 3.63) is 48.5 Å². The van der Waals surface area contributed by atoms with E-state index in [9.17, 15) is 43.2 Å². The molecule has 0 fully saturated rings. The molecule has 6 nitrogen and oxygen atoms in total. The molecular formula is C18H8F6O6S2. The van der Waals surface area contributed by atoms with Gasteiger partial charge < -0.3 is 8.37 Å². The lowest BCUT2D eigenvalue weighted by Gasteiger charge is -2.15. The van der Waals surface area contributed by atoms with E-state index in [1.54, 1.807) is 0 Å². The third-order valence-electron chi connectivity index (χ3n) is 4.46. The smallest absolute Gasteiger partial charge is 0.376 e. The van der Waals surface area contributed by atoms with Crippen LogP contribution in [-0.2, 0) is 20.2 Å². The highest BCUT2D eigenvalue weighted by atomic mass is 32.2. The van der Waals surface area contributed by atoms with Crippen molar-refractivity contribution < 1.29 is 51.5 Å². The maximum absolute atomic E-state index is 12.6. The van der Waals surface area contributed by atoms with E-state index in [4.69, 9.17) is 0 Å². The molecule has 4 aromatic rings. The minimum absolute atomic E-state index is 0.282. The Hall–Kier alpha value is -3.00. The zero-order chi connectivity index (χ0) is 23.7. The molecule has 0 aliphatic rings. The van der Waals surface area contributed by atoms with Crippen LogP contribution < -0.4 is 8.37 Å². The SMILES string of the molecule is O=S(=O)(Oc1cc2ccc3cc(OS(=O)(=O)C(F)(F)F)cc4ccc(c1)c2c34)C(F)(F)F. The van der Waals surface area contributed by atoms with E-state index >= 15 is 0 Å². The highest BCUT2D eigenvalue weighted by Gasteiger charge is 2.49. The summed E-state index contributed by atoms with van der Waals surface area (Å²) in [5.41, 5.74) is -11.3. The predicted octanol–water partition coefficient (Wildman–Crippen LogP) is 5.04. The molecule has 0 saturated carbocycles. The topological polar surface area (TPSA) is 86.7 Å². The van der Waals surface area contributed by atoms with Crippen molar-refractivity contribution in [1.29, 1.82) is 0 Å². The van der Waals surface area contributed by atoms with E-state index in [2.05, 4.69) is 8.37 Å². The molecule has 0 aliphatic heterocycles. The second-order valence-corrected chi connectivity index (χ2v) is 9.66. The molecule has 0 atom stereocenters. The van der Waals surface area contributed by atoms with Crippen molar-refractivity contribution in [3.8, 4) is 11.5 Å². The minimum Gasteiger partial charge on any atom is -0.376 e. The molecule has 0 amide bonds. The molecule has 0 bridgehead atoms. The molecule has 0 aliphatic carbocycles. The van der Waals surface area contributed by atoms with Crippen LogP contribution in [0.3, 0.4) is 0 Å². The highest BCUT2D eigenvalue weighted by Crippen LogP contribution is 2.40. The van der Waals surface area contributed by atoms with Gasteiger partial charge in [0.15, 0.2) is 0 Å². The highest BCUT2D eigenvalue weighted by molar-refractivity contribution is 7.88. The predicted molar refractivity (Wildman–Crippen MR) is 101 cm³/mol. The van der Waals surface area contributed by atoms with Crippen molar-refractivity contribution in [2.45, 2.75) is 11.0 Å². The molecule has 170 valence electrons. The summed E-state index contributed by atoms with van der Waals surface area (Å²) in [4.78, 5) is 0. The van der Waals surface area contributed by atoms with Gasteiger partial charge in [0.25, 0.3) is 0 Å². The fourth-order valence-electron chi connectivity index (χ4n) is 3.22. The number of hydrogen-bond donors (Lipinski definition) is 0. The molecule has 0 N–H and O–H groups in total. The number of halogens is 6. The maximum atomic E-state index is 12.6. The Morgan fingerprint density at radius 2 is 0.781 bits per heavy atom. The molecule has 0 radical (unpaired) electrons. The first-order valence-electron chi connectivity index (χ1n) is 8.33. The van der Waals surface area contributed by atoms with E-state index in [0.29, 0.717) is 10.8 Å². The first-order chi connectivity index (χ1) is 14.6. The number of hydrogen-bond acceptors (Lipinski definition) is 6. The fraction of sp³-hybridized carbons (Fsp3) is 0.111. The summed E-state index contributed by atoms with van der Waals surface area (Å²) in [6.45, 7) is 0. The van der Waals surface area contributed by atoms with Gasteiger partial charge in [-0.1, -0.05) is 24.3 Å². The van der Waals surface area contributed by atoms with Gasteiger partial charge in [-0.15, -0.1) is 0 Å². The van der Waals surface area contributed by atoms with Gasteiger partial charge in [0.1, 0.15) is 11.5 Å². The van der Waals surface area contributed by atoms with E-state index in [-0.39, 0.29) is 21.5 Å². The first-order valence-corrected chi connectivity index (χ1v) is 11.1. The number of rotatable bonds is 4. The van der Waals surface area contributed by atoms with Crippen LogP contribution in [-0.4, -0.2) is 27.9 Å². The Morgan fingerprint density at radius 1 is 0.531 bits per heavy atom. The second-order valence-electron chi connectivity index (χ2n) is 6.59. The molecule has 32 heavy (non-hydrogen) atoms. The van der Waals surface area contributed by atoms with Gasteiger partial charge >= 0.3 is 31.3 Å². The average Bonchev–Trinajstić information content (AvgIpc) is 2.63. The zero-order valence-corrected chi connectivity index (χ0v) is 16.8. The summed E-state index contributed by atoms with van der Waals surface area (Å²) < 4.78 is 129. The van der Waals surface area contributed by atoms with Gasteiger partial charge in [-0.05, 0) is 56.6 Å². The summed E-state index contributed by atoms with van der Waals surface area (Å²) in [7, 11) is -11.8. The van der Waals surface area contributed by atoms with Crippen LogP contribution in [0.25, 0.3) is 32.3 Å². The lowest BCUT2D eigenvalue weighted by atomic mass is 9.94. The van der Waals surface area contributed by atoms with Crippen LogP contribution in [0.5, 0.6) is 11.5 Å². The van der Waals surface area contributed by atoms with Crippen molar-refractivity contribution >= 4 is 52.6 Å². The molecular weight excluding hydrogens is 490 g/mol. The molecule has 0 spiro atoms. The van der Waals surface area contributed by atoms with Crippen molar-refractivity contribution in [2.75, 3.05) is 0 Å². The largest absolute Gasteiger partial charge is 0.534 e. The third kappa shape index (κ3) is 3.62. The number of benzene rings is 4. The molecule has 4 rings (SSSR count). The number of alkyl halides is 6. The van der Waals surface area contributed by atoms with E-state index in [1.165, 1.54) is 24.3 Å². The fourth-order valence-corrected chi connectivity index (χ4v) is 4.11. The summed E-state index contributed by atoms with van der Waals surface area (Å²) in [5, 5.41) is 2.02. The average molecular weight is 498 g/mol. The van der Waals surface area contributed by atoms with Gasteiger partial charge in [0.2, 0.25) is 0 Å². The van der Waals surface area contributed by atoms with E-state index in [0.717, 1.165) is 24.3 Å². The van der Waals surface area contributed by atoms with Gasteiger partial charge in [-0.3, -0.25) is 0 Å². The Balaban J connectivity index is 1.86. The quantitative estimate of drug-likeness (QED) is 0.170. The monoisotopic (exact) mass is 498 g/mol. The Morgan fingerprint density at radius 3 is 1.00 bits per heavy atom. The molecule has 4 aromatic carbocycles. The van der Waals surface area contributed by atoms with Crippen molar-refractivity contribution in [1.82, 2.24) is 0 Å². The van der Waals surface area contributed by atoms with Gasteiger partial charge in [0, 0.05) is 0 Å². The zero-order valence-electron chi connectivity index (χ0n) is 15.2. The van der Waals surface area contributed by atoms with Gasteiger partial charge in [-0.25, -0.2) is 0 Å². The summed E-state index contributed by atoms with van der Waals surface area (Å²) in [5.74, 6) is -1.18. The first kappa shape index (κ1) is 22.2. The van der Waals surface area contributed by atoms with Crippen LogP contribution in [0.2, 0.25) is 0 Å². The Kier molecular flexibility index (Phi) is 4.68. The van der Waals surface area contributed by atoms with Crippen LogP contribution in [0.15, 0.2) is 48.5 Å². The minimum atomic E-state index is -5.90. The molecule has 0 aromatic heterocycles. The van der Waals surface area contributed by atoms with Crippen LogP contribution in [0, 0.1) is 0 Å². The van der Waals surface area contributed by atoms with Crippen LogP contribution in [0.4, 0.5) is 26.3 Å². The van der Waals surface area contributed by atoms with Gasteiger partial charge in [0.05, 0.1) is 0 Å². The normalized spacial score (nSPS) is 13.8. The third-order valence-corrected chi connectivity index (χ3v) is 6.42. The van der Waals surface area contributed by atoms with Crippen molar-refractivity contribution in [3.63, 3.8) is 0 Å². The molecule has 14 heteroatoms. The molecule has 0 unspecified atom stereocenters. The summed E-state index contributed by atoms with van der Waals surface area (Å²) in [6, 6.07) is 9.68. The summed E-state index contributed by atoms with van der Waals surface area (Å²) in [6.07, 6.45) is 0. The summed E-state index contributed by atoms with van der Waals surface area (Å²) >= 11 is 0. The van der Waals surface area contributed by atoms with Crippen LogP contribution >= 0.6 is 0 Å². The standard InChI is InChI=1S/C18H8F6O6S2/c19-17(20,21)31(25,26)29-13-5-9-1-2-10-6-14(30-32(27,28)18(22,23)24)8-12-4-3-11(7-13)15(9)16(10)12/h1-8H. The van der Waals surface area contributed by atoms with Crippen molar-refractivity contribution in [2.24, 2.45) is 0 Å². The van der Waals surface area contributed by atoms with Crippen LogP contribution in [0.1, 0.15) is 0 Å². The van der Waals surface area contributed by atoms with E-state index in [1.807, 2.05) is 0 Å². The maximum Gasteiger partial charge on any atom is 0.534 e. The van der Waals surface area contributed by atoms with Gasteiger partial charge in [-0.2, -0.15) is 43.2 Å². The lowest BCUT2D eigenvalue weighted by Crippen LogP contribution is -2.28.